The molecular formula is C17H23NO4. The molecule has 1 aromatic carbocycles. The van der Waals surface area contributed by atoms with E-state index in [1.54, 1.807) is 0 Å². The van der Waals surface area contributed by atoms with Crippen molar-refractivity contribution in [1.82, 2.24) is 5.32 Å². The first-order valence-electron chi connectivity index (χ1n) is 7.63. The number of hydrogen-bond donors (Lipinski definition) is 2. The maximum Gasteiger partial charge on any atom is 0.408 e. The molecule has 1 aromatic rings. The van der Waals surface area contributed by atoms with Crippen molar-refractivity contribution in [3.05, 3.63) is 35.9 Å². The fraction of sp³-hybridized carbons (Fsp3) is 0.529. The second-order valence-corrected chi connectivity index (χ2v) is 6.43. The lowest BCUT2D eigenvalue weighted by atomic mass is 9.71. The molecule has 1 saturated carbocycles. The summed E-state index contributed by atoms with van der Waals surface area (Å²) in [5.74, 6) is -0.467. The predicted octanol–water partition coefficient (Wildman–Crippen LogP) is 3.19. The summed E-state index contributed by atoms with van der Waals surface area (Å²) in [7, 11) is 0. The Bertz CT molecular complexity index is 519. The zero-order valence-electron chi connectivity index (χ0n) is 13.0. The van der Waals surface area contributed by atoms with Crippen molar-refractivity contribution < 1.29 is 19.4 Å². The van der Waals surface area contributed by atoms with Gasteiger partial charge < -0.3 is 15.2 Å². The molecule has 2 N–H and O–H groups in total. The summed E-state index contributed by atoms with van der Waals surface area (Å²) in [5, 5.41) is 12.2. The van der Waals surface area contributed by atoms with Crippen molar-refractivity contribution in [3.8, 4) is 0 Å². The second kappa shape index (κ2) is 6.81. The van der Waals surface area contributed by atoms with Crippen LogP contribution in [0.4, 0.5) is 4.79 Å². The minimum absolute atomic E-state index is 0.132. The zero-order valence-corrected chi connectivity index (χ0v) is 13.0. The van der Waals surface area contributed by atoms with Gasteiger partial charge in [0.25, 0.3) is 0 Å². The predicted molar refractivity (Wildman–Crippen MR) is 82.3 cm³/mol. The molecule has 0 heterocycles. The average molecular weight is 305 g/mol. The number of nitrogens with one attached hydrogen (secondary N) is 1. The quantitative estimate of drug-likeness (QED) is 0.895. The number of carboxylic acid groups (broad SMARTS) is 1. The number of alkyl carbamates (subject to hydrolysis) is 1. The highest BCUT2D eigenvalue weighted by molar-refractivity contribution is 5.84. The molecule has 3 atom stereocenters. The summed E-state index contributed by atoms with van der Waals surface area (Å²) in [6.45, 7) is 4.17. The van der Waals surface area contributed by atoms with Crippen LogP contribution in [0.15, 0.2) is 30.3 Å². The maximum atomic E-state index is 12.0. The molecule has 22 heavy (non-hydrogen) atoms. The molecule has 1 fully saturated rings. The van der Waals surface area contributed by atoms with Crippen LogP contribution in [0.5, 0.6) is 0 Å². The fourth-order valence-corrected chi connectivity index (χ4v) is 3.41. The van der Waals surface area contributed by atoms with Crippen molar-refractivity contribution in [2.75, 3.05) is 0 Å². The van der Waals surface area contributed by atoms with Crippen LogP contribution < -0.4 is 5.32 Å². The third-order valence-corrected chi connectivity index (χ3v) is 4.16. The Morgan fingerprint density at radius 1 is 1.23 bits per heavy atom. The Morgan fingerprint density at radius 3 is 2.36 bits per heavy atom. The summed E-state index contributed by atoms with van der Waals surface area (Å²) >= 11 is 0. The molecule has 0 saturated heterocycles. The number of carboxylic acids is 1. The lowest BCUT2D eigenvalue weighted by molar-refractivity contribution is -0.147. The molecule has 0 bridgehead atoms. The van der Waals surface area contributed by atoms with Gasteiger partial charge in [0.05, 0.1) is 0 Å². The molecule has 1 aliphatic carbocycles. The van der Waals surface area contributed by atoms with E-state index in [0.29, 0.717) is 12.8 Å². The van der Waals surface area contributed by atoms with Crippen LogP contribution >= 0.6 is 0 Å². The van der Waals surface area contributed by atoms with Crippen molar-refractivity contribution in [3.63, 3.8) is 0 Å². The van der Waals surface area contributed by atoms with E-state index in [-0.39, 0.29) is 18.4 Å². The Kier molecular flexibility index (Phi) is 5.06. The van der Waals surface area contributed by atoms with Crippen LogP contribution in [0.1, 0.15) is 38.7 Å². The highest BCUT2D eigenvalue weighted by Crippen LogP contribution is 2.36. The molecule has 120 valence electrons. The number of rotatable bonds is 4. The number of aliphatic carboxylic acids is 1. The maximum absolute atomic E-state index is 12.0. The molecule has 0 aromatic heterocycles. The van der Waals surface area contributed by atoms with Gasteiger partial charge in [0, 0.05) is 0 Å². The molecule has 0 spiro atoms. The van der Waals surface area contributed by atoms with Crippen LogP contribution in [0.3, 0.4) is 0 Å². The molecule has 1 aliphatic rings. The zero-order chi connectivity index (χ0) is 16.2. The van der Waals surface area contributed by atoms with Gasteiger partial charge in [-0.05, 0) is 36.7 Å². The first kappa shape index (κ1) is 16.3. The fourth-order valence-electron chi connectivity index (χ4n) is 3.41. The summed E-state index contributed by atoms with van der Waals surface area (Å²) < 4.78 is 5.16. The lowest BCUT2D eigenvalue weighted by Gasteiger charge is -2.39. The monoisotopic (exact) mass is 305 g/mol. The average Bonchev–Trinajstić information content (AvgIpc) is 2.45. The summed E-state index contributed by atoms with van der Waals surface area (Å²) in [5.41, 5.74) is -0.349. The van der Waals surface area contributed by atoms with Crippen molar-refractivity contribution in [2.24, 2.45) is 11.8 Å². The van der Waals surface area contributed by atoms with Crippen molar-refractivity contribution in [2.45, 2.75) is 45.3 Å². The Balaban J connectivity index is 1.99. The molecule has 0 aliphatic heterocycles. The van der Waals surface area contributed by atoms with Gasteiger partial charge in [0.15, 0.2) is 0 Å². The van der Waals surface area contributed by atoms with Gasteiger partial charge in [-0.2, -0.15) is 0 Å². The van der Waals surface area contributed by atoms with Gasteiger partial charge in [0.2, 0.25) is 0 Å². The molecule has 0 radical (unpaired) electrons. The van der Waals surface area contributed by atoms with Gasteiger partial charge in [-0.25, -0.2) is 9.59 Å². The van der Waals surface area contributed by atoms with E-state index in [1.165, 1.54) is 0 Å². The molecular weight excluding hydrogens is 282 g/mol. The summed E-state index contributed by atoms with van der Waals surface area (Å²) in [6.07, 6.45) is 1.18. The largest absolute Gasteiger partial charge is 0.480 e. The SMILES string of the molecule is C[C@@H]1C[C@H](C)CC(NC(=O)OCc2ccccc2)(C(=O)O)C1. The van der Waals surface area contributed by atoms with Gasteiger partial charge in [0.1, 0.15) is 12.1 Å². The van der Waals surface area contributed by atoms with E-state index < -0.39 is 17.6 Å². The number of ether oxygens (including phenoxy) is 1. The second-order valence-electron chi connectivity index (χ2n) is 6.43. The summed E-state index contributed by atoms with van der Waals surface area (Å²) in [4.78, 5) is 23.7. The number of hydrogen-bond acceptors (Lipinski definition) is 3. The Morgan fingerprint density at radius 2 is 1.82 bits per heavy atom. The number of amides is 1. The first-order chi connectivity index (χ1) is 10.4. The van der Waals surface area contributed by atoms with E-state index in [9.17, 15) is 14.7 Å². The van der Waals surface area contributed by atoms with Crippen molar-refractivity contribution >= 4 is 12.1 Å². The molecule has 2 rings (SSSR count). The van der Waals surface area contributed by atoms with Crippen LogP contribution in [0.2, 0.25) is 0 Å². The third kappa shape index (κ3) is 4.00. The van der Waals surface area contributed by atoms with E-state index in [1.807, 2.05) is 44.2 Å². The number of benzene rings is 1. The van der Waals surface area contributed by atoms with Gasteiger partial charge >= 0.3 is 12.1 Å². The summed E-state index contributed by atoms with van der Waals surface area (Å²) in [6, 6.07) is 9.31. The van der Waals surface area contributed by atoms with Crippen LogP contribution in [-0.2, 0) is 16.1 Å². The van der Waals surface area contributed by atoms with Crippen LogP contribution in [0, 0.1) is 11.8 Å². The number of carbonyl (C=O) groups is 2. The van der Waals surface area contributed by atoms with E-state index >= 15 is 0 Å². The Labute approximate surface area is 130 Å². The molecule has 5 nitrogen and oxygen atoms in total. The van der Waals surface area contributed by atoms with E-state index in [2.05, 4.69) is 5.32 Å². The van der Waals surface area contributed by atoms with Crippen LogP contribution in [0.25, 0.3) is 0 Å². The third-order valence-electron chi connectivity index (χ3n) is 4.16. The van der Waals surface area contributed by atoms with Crippen molar-refractivity contribution in [1.29, 1.82) is 0 Å². The number of carbonyl (C=O) groups excluding carboxylic acids is 1. The van der Waals surface area contributed by atoms with Crippen LogP contribution in [-0.4, -0.2) is 22.7 Å². The highest BCUT2D eigenvalue weighted by Gasteiger charge is 2.45. The Hall–Kier alpha value is -2.04. The van der Waals surface area contributed by atoms with Gasteiger partial charge in [-0.1, -0.05) is 44.2 Å². The van der Waals surface area contributed by atoms with Gasteiger partial charge in [-0.15, -0.1) is 0 Å². The lowest BCUT2D eigenvalue weighted by Crippen LogP contribution is -2.58. The van der Waals surface area contributed by atoms with Gasteiger partial charge in [-0.3, -0.25) is 0 Å². The standard InChI is InChI=1S/C17H23NO4/c1-12-8-13(2)10-17(9-12,15(19)20)18-16(21)22-11-14-6-4-3-5-7-14/h3-7,12-13H,8-11H2,1-2H3,(H,18,21)(H,19,20)/t12-,13+,17?. The topological polar surface area (TPSA) is 75.6 Å². The van der Waals surface area contributed by atoms with E-state index in [4.69, 9.17) is 4.74 Å². The first-order valence-corrected chi connectivity index (χ1v) is 7.63. The van der Waals surface area contributed by atoms with E-state index in [0.717, 1.165) is 12.0 Å². The highest BCUT2D eigenvalue weighted by atomic mass is 16.5. The molecule has 1 amide bonds. The smallest absolute Gasteiger partial charge is 0.408 e. The minimum Gasteiger partial charge on any atom is -0.480 e. The molecule has 1 unspecified atom stereocenters. The normalized spacial score (nSPS) is 27.9. The molecule has 5 heteroatoms. The minimum atomic E-state index is -1.22.